The second-order valence-corrected chi connectivity index (χ2v) is 5.56. The number of nitrogens with zero attached hydrogens (tertiary/aromatic N) is 4. The zero-order chi connectivity index (χ0) is 16.8. The summed E-state index contributed by atoms with van der Waals surface area (Å²) in [4.78, 5) is 13.5. The van der Waals surface area contributed by atoms with E-state index in [1.807, 2.05) is 30.3 Å². The van der Waals surface area contributed by atoms with E-state index in [1.54, 1.807) is 13.3 Å². The van der Waals surface area contributed by atoms with Crippen molar-refractivity contribution >= 4 is 17.5 Å². The van der Waals surface area contributed by atoms with Crippen LogP contribution < -0.4 is 19.9 Å². The molecule has 1 N–H and O–H groups in total. The third-order valence-electron chi connectivity index (χ3n) is 4.06. The number of para-hydroxylation sites is 2. The first kappa shape index (κ1) is 16.1. The highest BCUT2D eigenvalue weighted by Crippen LogP contribution is 2.28. The summed E-state index contributed by atoms with van der Waals surface area (Å²) in [6.07, 6.45) is 3.61. The van der Waals surface area contributed by atoms with Crippen molar-refractivity contribution in [1.29, 1.82) is 0 Å². The smallest absolute Gasteiger partial charge is 0.227 e. The van der Waals surface area contributed by atoms with E-state index in [9.17, 15) is 0 Å². The Bertz CT molecular complexity index is 683. The minimum absolute atomic E-state index is 0.692. The summed E-state index contributed by atoms with van der Waals surface area (Å²) in [7, 11) is 1.71. The fourth-order valence-corrected chi connectivity index (χ4v) is 2.81. The number of ether oxygens (including phenoxy) is 1. The zero-order valence-corrected chi connectivity index (χ0v) is 14.0. The van der Waals surface area contributed by atoms with Crippen molar-refractivity contribution in [2.45, 2.75) is 0 Å². The molecule has 0 unspecified atom stereocenters. The number of benzene rings is 1. The highest BCUT2D eigenvalue weighted by atomic mass is 16.5. The lowest BCUT2D eigenvalue weighted by molar-refractivity contribution is 0.413. The maximum absolute atomic E-state index is 5.47. The quantitative estimate of drug-likeness (QED) is 0.823. The van der Waals surface area contributed by atoms with Crippen LogP contribution in [0, 0.1) is 0 Å². The fourth-order valence-electron chi connectivity index (χ4n) is 2.81. The average Bonchev–Trinajstić information content (AvgIpc) is 2.66. The summed E-state index contributed by atoms with van der Waals surface area (Å²) in [5.41, 5.74) is 1.14. The summed E-state index contributed by atoms with van der Waals surface area (Å²) in [5, 5.41) is 3.20. The largest absolute Gasteiger partial charge is 0.495 e. The molecule has 1 aliphatic heterocycles. The normalized spacial score (nSPS) is 14.4. The van der Waals surface area contributed by atoms with Gasteiger partial charge in [-0.1, -0.05) is 18.2 Å². The van der Waals surface area contributed by atoms with Gasteiger partial charge in [-0.2, -0.15) is 4.98 Å². The van der Waals surface area contributed by atoms with Gasteiger partial charge in [0.05, 0.1) is 12.8 Å². The maximum Gasteiger partial charge on any atom is 0.227 e. The van der Waals surface area contributed by atoms with Crippen molar-refractivity contribution in [3.63, 3.8) is 0 Å². The van der Waals surface area contributed by atoms with Crippen LogP contribution in [0.2, 0.25) is 0 Å². The average molecular weight is 325 g/mol. The van der Waals surface area contributed by atoms with Gasteiger partial charge in [0.15, 0.2) is 0 Å². The van der Waals surface area contributed by atoms with Crippen molar-refractivity contribution in [3.05, 3.63) is 49.2 Å². The molecule has 1 aromatic carbocycles. The van der Waals surface area contributed by atoms with Gasteiger partial charge in [0.2, 0.25) is 5.95 Å². The predicted molar refractivity (Wildman–Crippen MR) is 98.1 cm³/mol. The Morgan fingerprint density at radius 2 is 1.92 bits per heavy atom. The van der Waals surface area contributed by atoms with Crippen LogP contribution in [-0.4, -0.2) is 49.8 Å². The highest BCUT2D eigenvalue weighted by molar-refractivity contribution is 5.59. The molecule has 24 heavy (non-hydrogen) atoms. The minimum Gasteiger partial charge on any atom is -0.495 e. The van der Waals surface area contributed by atoms with E-state index in [0.29, 0.717) is 6.54 Å². The van der Waals surface area contributed by atoms with E-state index < -0.39 is 0 Å². The Labute approximate surface area is 142 Å². The standard InChI is InChI=1S/C18H23N5O/c1-3-9-19-17-8-10-20-18(21-17)23-13-11-22(12-14-23)15-6-4-5-7-16(15)24-2/h3-8,10H,1,9,11-14H2,2H3,(H,19,20,21). The Kier molecular flexibility index (Phi) is 5.15. The number of hydrogen-bond acceptors (Lipinski definition) is 6. The fraction of sp³-hybridized carbons (Fsp3) is 0.333. The SMILES string of the molecule is C=CCNc1ccnc(N2CCN(c3ccccc3OC)CC2)n1. The first-order valence-electron chi connectivity index (χ1n) is 8.12. The van der Waals surface area contributed by atoms with Crippen LogP contribution in [0.15, 0.2) is 49.2 Å². The molecule has 0 bridgehead atoms. The molecule has 0 saturated carbocycles. The van der Waals surface area contributed by atoms with E-state index >= 15 is 0 Å². The van der Waals surface area contributed by atoms with Gasteiger partial charge in [-0.05, 0) is 18.2 Å². The van der Waals surface area contributed by atoms with Gasteiger partial charge >= 0.3 is 0 Å². The number of aromatic nitrogens is 2. The second kappa shape index (κ2) is 7.68. The zero-order valence-electron chi connectivity index (χ0n) is 14.0. The molecule has 6 heteroatoms. The summed E-state index contributed by atoms with van der Waals surface area (Å²) in [6, 6.07) is 10.0. The van der Waals surface area contributed by atoms with Crippen molar-refractivity contribution in [2.75, 3.05) is 55.0 Å². The summed E-state index contributed by atoms with van der Waals surface area (Å²) in [5.74, 6) is 2.51. The van der Waals surface area contributed by atoms with Crippen LogP contribution in [0.1, 0.15) is 0 Å². The second-order valence-electron chi connectivity index (χ2n) is 5.56. The molecule has 0 aliphatic carbocycles. The molecule has 126 valence electrons. The van der Waals surface area contributed by atoms with Gasteiger partial charge in [0, 0.05) is 38.9 Å². The maximum atomic E-state index is 5.47. The Balaban J connectivity index is 1.65. The summed E-state index contributed by atoms with van der Waals surface area (Å²) < 4.78 is 5.47. The Morgan fingerprint density at radius 3 is 2.67 bits per heavy atom. The minimum atomic E-state index is 0.692. The summed E-state index contributed by atoms with van der Waals surface area (Å²) in [6.45, 7) is 7.98. The molecule has 0 atom stereocenters. The first-order chi connectivity index (χ1) is 11.8. The molecule has 3 rings (SSSR count). The van der Waals surface area contributed by atoms with Crippen LogP contribution in [-0.2, 0) is 0 Å². The molecule has 1 aliphatic rings. The van der Waals surface area contributed by atoms with E-state index in [0.717, 1.165) is 49.4 Å². The lowest BCUT2D eigenvalue weighted by atomic mass is 10.2. The van der Waals surface area contributed by atoms with Crippen molar-refractivity contribution in [2.24, 2.45) is 0 Å². The van der Waals surface area contributed by atoms with Gasteiger partial charge in [0.1, 0.15) is 11.6 Å². The molecule has 0 spiro atoms. The molecule has 6 nitrogen and oxygen atoms in total. The van der Waals surface area contributed by atoms with Gasteiger partial charge in [-0.15, -0.1) is 6.58 Å². The number of hydrogen-bond donors (Lipinski definition) is 1. The molecule has 0 radical (unpaired) electrons. The molecule has 1 saturated heterocycles. The number of methoxy groups -OCH3 is 1. The Hall–Kier alpha value is -2.76. The van der Waals surface area contributed by atoms with E-state index in [-0.39, 0.29) is 0 Å². The summed E-state index contributed by atoms with van der Waals surface area (Å²) >= 11 is 0. The van der Waals surface area contributed by atoms with Gasteiger partial charge in [0.25, 0.3) is 0 Å². The monoisotopic (exact) mass is 325 g/mol. The number of piperazine rings is 1. The van der Waals surface area contributed by atoms with Crippen LogP contribution in [0.25, 0.3) is 0 Å². The first-order valence-corrected chi connectivity index (χ1v) is 8.12. The van der Waals surface area contributed by atoms with Crippen LogP contribution in [0.4, 0.5) is 17.5 Å². The third-order valence-corrected chi connectivity index (χ3v) is 4.06. The molecular weight excluding hydrogens is 302 g/mol. The topological polar surface area (TPSA) is 53.5 Å². The number of anilines is 3. The van der Waals surface area contributed by atoms with E-state index in [2.05, 4.69) is 37.7 Å². The van der Waals surface area contributed by atoms with Gasteiger partial charge in [-0.3, -0.25) is 0 Å². The van der Waals surface area contributed by atoms with Crippen molar-refractivity contribution < 1.29 is 4.74 Å². The van der Waals surface area contributed by atoms with E-state index in [4.69, 9.17) is 4.74 Å². The van der Waals surface area contributed by atoms with Crippen LogP contribution in [0.5, 0.6) is 5.75 Å². The van der Waals surface area contributed by atoms with Crippen molar-refractivity contribution in [1.82, 2.24) is 9.97 Å². The van der Waals surface area contributed by atoms with Crippen LogP contribution in [0.3, 0.4) is 0 Å². The highest BCUT2D eigenvalue weighted by Gasteiger charge is 2.21. The molecular formula is C18H23N5O. The van der Waals surface area contributed by atoms with E-state index in [1.165, 1.54) is 0 Å². The van der Waals surface area contributed by atoms with Crippen molar-refractivity contribution in [3.8, 4) is 5.75 Å². The van der Waals surface area contributed by atoms with Crippen LogP contribution >= 0.6 is 0 Å². The van der Waals surface area contributed by atoms with Gasteiger partial charge in [-0.25, -0.2) is 4.98 Å². The number of nitrogens with one attached hydrogen (secondary N) is 1. The molecule has 2 heterocycles. The molecule has 2 aromatic rings. The third kappa shape index (κ3) is 3.59. The lowest BCUT2D eigenvalue weighted by Crippen LogP contribution is -2.47. The molecule has 0 amide bonds. The van der Waals surface area contributed by atoms with Gasteiger partial charge < -0.3 is 19.9 Å². The molecule has 1 fully saturated rings. The predicted octanol–water partition coefficient (Wildman–Crippen LogP) is 2.41. The Morgan fingerprint density at radius 1 is 1.17 bits per heavy atom. The lowest BCUT2D eigenvalue weighted by Gasteiger charge is -2.36. The molecule has 1 aromatic heterocycles. The number of rotatable bonds is 6.